The molecule has 0 fully saturated rings. The lowest BCUT2D eigenvalue weighted by Crippen LogP contribution is -2.04. The standard InChI is InChI=1S/C12H10N4O3/c1-7-14-10(19-15-7)5-16-6-13-9-4-2-3-8(11(9)16)12(17)18/h2-4,6H,5H2,1H3,(H,17,18). The molecule has 0 atom stereocenters. The van der Waals surface area contributed by atoms with Crippen LogP contribution in [-0.4, -0.2) is 30.8 Å². The molecule has 0 saturated heterocycles. The number of imidazole rings is 1. The first-order chi connectivity index (χ1) is 9.15. The van der Waals surface area contributed by atoms with Crippen LogP contribution in [0.3, 0.4) is 0 Å². The second-order valence-corrected chi connectivity index (χ2v) is 4.09. The van der Waals surface area contributed by atoms with Crippen molar-refractivity contribution >= 4 is 17.0 Å². The van der Waals surface area contributed by atoms with Crippen LogP contribution in [0.25, 0.3) is 11.0 Å². The first-order valence-electron chi connectivity index (χ1n) is 5.61. The molecule has 1 aromatic carbocycles. The van der Waals surface area contributed by atoms with E-state index >= 15 is 0 Å². The molecule has 7 heteroatoms. The van der Waals surface area contributed by atoms with Crippen LogP contribution in [0.4, 0.5) is 0 Å². The van der Waals surface area contributed by atoms with Gasteiger partial charge in [-0.2, -0.15) is 4.98 Å². The van der Waals surface area contributed by atoms with Crippen molar-refractivity contribution in [2.45, 2.75) is 13.5 Å². The topological polar surface area (TPSA) is 94.0 Å². The van der Waals surface area contributed by atoms with Crippen LogP contribution >= 0.6 is 0 Å². The molecule has 96 valence electrons. The van der Waals surface area contributed by atoms with Crippen LogP contribution in [0.15, 0.2) is 29.0 Å². The summed E-state index contributed by atoms with van der Waals surface area (Å²) in [6.45, 7) is 2.02. The van der Waals surface area contributed by atoms with Crippen molar-refractivity contribution in [1.82, 2.24) is 19.7 Å². The highest BCUT2D eigenvalue weighted by molar-refractivity contribution is 6.01. The van der Waals surface area contributed by atoms with Crippen molar-refractivity contribution in [3.63, 3.8) is 0 Å². The third kappa shape index (κ3) is 1.95. The molecule has 0 aliphatic heterocycles. The number of fused-ring (bicyclic) bond motifs is 1. The SMILES string of the molecule is Cc1noc(Cn2cnc3cccc(C(=O)O)c32)n1. The molecule has 0 aliphatic rings. The fourth-order valence-electron chi connectivity index (χ4n) is 1.97. The Bertz CT molecular complexity index is 759. The molecule has 7 nitrogen and oxygen atoms in total. The number of benzene rings is 1. The Hall–Kier alpha value is -2.70. The molecule has 0 radical (unpaired) electrons. The van der Waals surface area contributed by atoms with Crippen LogP contribution in [0.5, 0.6) is 0 Å². The molecule has 0 spiro atoms. The van der Waals surface area contributed by atoms with Crippen LogP contribution in [0.2, 0.25) is 0 Å². The van der Waals surface area contributed by atoms with Crippen molar-refractivity contribution in [3.05, 3.63) is 41.8 Å². The Labute approximate surface area is 107 Å². The average molecular weight is 258 g/mol. The highest BCUT2D eigenvalue weighted by Gasteiger charge is 2.14. The van der Waals surface area contributed by atoms with Gasteiger partial charge in [-0.05, 0) is 19.1 Å². The van der Waals surface area contributed by atoms with Crippen molar-refractivity contribution in [2.24, 2.45) is 0 Å². The number of aromatic nitrogens is 4. The van der Waals surface area contributed by atoms with Gasteiger partial charge in [0.05, 0.1) is 22.9 Å². The van der Waals surface area contributed by atoms with Gasteiger partial charge in [0.2, 0.25) is 5.89 Å². The van der Waals surface area contributed by atoms with E-state index in [1.165, 1.54) is 0 Å². The van der Waals surface area contributed by atoms with E-state index < -0.39 is 5.97 Å². The Kier molecular flexibility index (Phi) is 2.52. The number of carbonyl (C=O) groups is 1. The predicted molar refractivity (Wildman–Crippen MR) is 64.8 cm³/mol. The molecule has 0 aliphatic carbocycles. The molecule has 2 aromatic heterocycles. The number of para-hydroxylation sites is 1. The Morgan fingerprint density at radius 2 is 2.32 bits per heavy atom. The number of rotatable bonds is 3. The van der Waals surface area contributed by atoms with E-state index in [9.17, 15) is 9.90 Å². The molecule has 19 heavy (non-hydrogen) atoms. The lowest BCUT2D eigenvalue weighted by atomic mass is 10.2. The molecule has 0 bridgehead atoms. The quantitative estimate of drug-likeness (QED) is 0.764. The molecule has 2 heterocycles. The lowest BCUT2D eigenvalue weighted by Gasteiger charge is -2.03. The van der Waals surface area contributed by atoms with E-state index in [0.717, 1.165) is 0 Å². The van der Waals surface area contributed by atoms with E-state index in [1.54, 1.807) is 36.0 Å². The summed E-state index contributed by atoms with van der Waals surface area (Å²) in [7, 11) is 0. The molecule has 1 N–H and O–H groups in total. The van der Waals surface area contributed by atoms with Crippen molar-refractivity contribution < 1.29 is 14.4 Å². The van der Waals surface area contributed by atoms with Gasteiger partial charge in [-0.3, -0.25) is 0 Å². The number of aryl methyl sites for hydroxylation is 1. The van der Waals surface area contributed by atoms with Crippen LogP contribution in [-0.2, 0) is 6.54 Å². The van der Waals surface area contributed by atoms with E-state index in [4.69, 9.17) is 4.52 Å². The maximum absolute atomic E-state index is 11.2. The zero-order valence-corrected chi connectivity index (χ0v) is 10.1. The summed E-state index contributed by atoms with van der Waals surface area (Å²) in [4.78, 5) is 19.5. The maximum Gasteiger partial charge on any atom is 0.337 e. The molecule has 3 rings (SSSR count). The van der Waals surface area contributed by atoms with Gasteiger partial charge in [0.15, 0.2) is 5.82 Å². The van der Waals surface area contributed by atoms with E-state index in [1.807, 2.05) is 0 Å². The zero-order valence-electron chi connectivity index (χ0n) is 10.1. The number of nitrogens with zero attached hydrogens (tertiary/aromatic N) is 4. The number of hydrogen-bond acceptors (Lipinski definition) is 5. The number of carboxylic acid groups (broad SMARTS) is 1. The van der Waals surface area contributed by atoms with Crippen LogP contribution in [0.1, 0.15) is 22.1 Å². The Morgan fingerprint density at radius 1 is 1.47 bits per heavy atom. The van der Waals surface area contributed by atoms with Gasteiger partial charge in [0.1, 0.15) is 6.54 Å². The molecule has 0 saturated carbocycles. The number of hydrogen-bond donors (Lipinski definition) is 1. The van der Waals surface area contributed by atoms with E-state index in [0.29, 0.717) is 29.3 Å². The molecular formula is C12H10N4O3. The highest BCUT2D eigenvalue weighted by Crippen LogP contribution is 2.19. The molecule has 0 unspecified atom stereocenters. The smallest absolute Gasteiger partial charge is 0.337 e. The summed E-state index contributed by atoms with van der Waals surface area (Å²) >= 11 is 0. The minimum atomic E-state index is -0.992. The fourth-order valence-corrected chi connectivity index (χ4v) is 1.97. The van der Waals surface area contributed by atoms with Gasteiger partial charge in [-0.25, -0.2) is 9.78 Å². The monoisotopic (exact) mass is 258 g/mol. The van der Waals surface area contributed by atoms with Gasteiger partial charge < -0.3 is 14.2 Å². The van der Waals surface area contributed by atoms with Gasteiger partial charge >= 0.3 is 5.97 Å². The largest absolute Gasteiger partial charge is 0.478 e. The molecular weight excluding hydrogens is 248 g/mol. The Morgan fingerprint density at radius 3 is 3.00 bits per heavy atom. The van der Waals surface area contributed by atoms with E-state index in [2.05, 4.69) is 15.1 Å². The zero-order chi connectivity index (χ0) is 13.4. The summed E-state index contributed by atoms with van der Waals surface area (Å²) < 4.78 is 6.72. The van der Waals surface area contributed by atoms with E-state index in [-0.39, 0.29) is 5.56 Å². The minimum absolute atomic E-state index is 0.200. The summed E-state index contributed by atoms with van der Waals surface area (Å²) in [5.41, 5.74) is 1.37. The van der Waals surface area contributed by atoms with Crippen LogP contribution < -0.4 is 0 Å². The summed E-state index contributed by atoms with van der Waals surface area (Å²) in [5.74, 6) is -0.0380. The summed E-state index contributed by atoms with van der Waals surface area (Å²) in [6.07, 6.45) is 1.57. The van der Waals surface area contributed by atoms with Crippen molar-refractivity contribution in [1.29, 1.82) is 0 Å². The van der Waals surface area contributed by atoms with Gasteiger partial charge in [-0.1, -0.05) is 11.2 Å². The third-order valence-electron chi connectivity index (χ3n) is 2.74. The first kappa shape index (κ1) is 11.4. The Balaban J connectivity index is 2.11. The van der Waals surface area contributed by atoms with Crippen LogP contribution in [0, 0.1) is 6.92 Å². The average Bonchev–Trinajstić information content (AvgIpc) is 2.97. The lowest BCUT2D eigenvalue weighted by molar-refractivity contribution is 0.0698. The summed E-state index contributed by atoms with van der Waals surface area (Å²) in [5, 5.41) is 12.9. The van der Waals surface area contributed by atoms with Crippen molar-refractivity contribution in [2.75, 3.05) is 0 Å². The van der Waals surface area contributed by atoms with Crippen molar-refractivity contribution in [3.8, 4) is 0 Å². The maximum atomic E-state index is 11.2. The predicted octanol–water partition coefficient (Wildman–Crippen LogP) is 1.47. The molecule has 3 aromatic rings. The van der Waals surface area contributed by atoms with Gasteiger partial charge in [-0.15, -0.1) is 0 Å². The minimum Gasteiger partial charge on any atom is -0.478 e. The second kappa shape index (κ2) is 4.20. The second-order valence-electron chi connectivity index (χ2n) is 4.09. The van der Waals surface area contributed by atoms with Gasteiger partial charge in [0.25, 0.3) is 0 Å². The normalized spacial score (nSPS) is 11.0. The first-order valence-corrected chi connectivity index (χ1v) is 5.61. The fraction of sp³-hybridized carbons (Fsp3) is 0.167. The number of aromatic carboxylic acids is 1. The number of carboxylic acids is 1. The molecule has 0 amide bonds. The summed E-state index contributed by atoms with van der Waals surface area (Å²) in [6, 6.07) is 4.97. The van der Waals surface area contributed by atoms with Gasteiger partial charge in [0, 0.05) is 0 Å². The third-order valence-corrected chi connectivity index (χ3v) is 2.74. The highest BCUT2D eigenvalue weighted by atomic mass is 16.5.